The molecule has 0 aliphatic rings. The van der Waals surface area contributed by atoms with E-state index < -0.39 is 0 Å². The highest BCUT2D eigenvalue weighted by Gasteiger charge is 2.00. The van der Waals surface area contributed by atoms with Crippen LogP contribution in [0, 0.1) is 6.92 Å². The summed E-state index contributed by atoms with van der Waals surface area (Å²) in [6.07, 6.45) is 11.0. The zero-order valence-electron chi connectivity index (χ0n) is 10.7. The molecule has 1 aromatic heterocycles. The van der Waals surface area contributed by atoms with Crippen LogP contribution in [-0.4, -0.2) is 16.5 Å². The topological polar surface area (TPSA) is 26.0 Å². The van der Waals surface area contributed by atoms with Gasteiger partial charge in [0.05, 0.1) is 5.69 Å². The van der Waals surface area contributed by atoms with Crippen molar-refractivity contribution < 1.29 is 4.42 Å². The number of hydrogen-bond acceptors (Lipinski definition) is 4. The predicted octanol–water partition coefficient (Wildman–Crippen LogP) is 4.74. The van der Waals surface area contributed by atoms with Gasteiger partial charge in [-0.3, -0.25) is 0 Å². The van der Waals surface area contributed by atoms with Crippen molar-refractivity contribution in [3.8, 4) is 0 Å². The summed E-state index contributed by atoms with van der Waals surface area (Å²) in [5.74, 6) is 2.16. The third-order valence-corrected chi connectivity index (χ3v) is 3.87. The minimum Gasteiger partial charge on any atom is -0.440 e. The first-order chi connectivity index (χ1) is 8.33. The molecule has 17 heavy (non-hydrogen) atoms. The van der Waals surface area contributed by atoms with Gasteiger partial charge in [-0.25, -0.2) is 4.98 Å². The third-order valence-electron chi connectivity index (χ3n) is 2.63. The maximum Gasteiger partial charge on any atom is 0.255 e. The van der Waals surface area contributed by atoms with Gasteiger partial charge >= 0.3 is 0 Å². The van der Waals surface area contributed by atoms with Crippen molar-refractivity contribution in [2.24, 2.45) is 0 Å². The summed E-state index contributed by atoms with van der Waals surface area (Å²) in [5.41, 5.74) is 0.969. The number of unbranched alkanes of at least 4 members (excludes halogenated alkanes) is 6. The number of rotatable bonds is 10. The Labute approximate surface area is 114 Å². The van der Waals surface area contributed by atoms with Gasteiger partial charge in [-0.15, -0.1) is 0 Å². The normalized spacial score (nSPS) is 10.9. The number of aryl methyl sites for hydroxylation is 1. The second-order valence-corrected chi connectivity index (χ2v) is 5.80. The van der Waals surface area contributed by atoms with Gasteiger partial charge in [-0.05, 0) is 25.5 Å². The van der Waals surface area contributed by atoms with Gasteiger partial charge in [0.2, 0.25) is 0 Å². The Kier molecular flexibility index (Phi) is 8.71. The number of aromatic nitrogens is 1. The summed E-state index contributed by atoms with van der Waals surface area (Å²) in [4.78, 5) is 4.27. The monoisotopic (exact) mass is 273 g/mol. The first-order valence-electron chi connectivity index (χ1n) is 6.48. The van der Waals surface area contributed by atoms with E-state index in [4.69, 9.17) is 4.42 Å². The van der Waals surface area contributed by atoms with Crippen LogP contribution in [0.25, 0.3) is 0 Å². The average Bonchev–Trinajstić information content (AvgIpc) is 2.73. The summed E-state index contributed by atoms with van der Waals surface area (Å²) in [7, 11) is 0. The van der Waals surface area contributed by atoms with Gasteiger partial charge in [-0.1, -0.05) is 43.9 Å². The first-order valence-corrected chi connectivity index (χ1v) is 8.10. The van der Waals surface area contributed by atoms with Crippen molar-refractivity contribution in [3.05, 3.63) is 12.0 Å². The Morgan fingerprint density at radius 3 is 2.35 bits per heavy atom. The molecule has 4 heteroatoms. The average molecular weight is 273 g/mol. The molecular formula is C13H23NOS2. The van der Waals surface area contributed by atoms with Gasteiger partial charge in [0.1, 0.15) is 6.26 Å². The van der Waals surface area contributed by atoms with Crippen molar-refractivity contribution in [2.75, 3.05) is 11.5 Å². The molecule has 1 aromatic rings. The summed E-state index contributed by atoms with van der Waals surface area (Å²) in [6, 6.07) is 0. The SMILES string of the molecule is Cc1coc(SCCCCCCCCCS)n1. The van der Waals surface area contributed by atoms with Crippen LogP contribution >= 0.6 is 24.4 Å². The van der Waals surface area contributed by atoms with Crippen molar-refractivity contribution in [1.82, 2.24) is 4.98 Å². The Hall–Kier alpha value is -0.0900. The molecule has 0 fully saturated rings. The minimum absolute atomic E-state index is 0.816. The van der Waals surface area contributed by atoms with Crippen molar-refractivity contribution in [1.29, 1.82) is 0 Å². The zero-order chi connectivity index (χ0) is 12.3. The van der Waals surface area contributed by atoms with Crippen molar-refractivity contribution in [2.45, 2.75) is 57.1 Å². The van der Waals surface area contributed by atoms with Crippen LogP contribution in [0.4, 0.5) is 0 Å². The van der Waals surface area contributed by atoms with Crippen LogP contribution in [0.1, 0.15) is 50.6 Å². The Balaban J connectivity index is 1.84. The molecule has 0 unspecified atom stereocenters. The van der Waals surface area contributed by atoms with E-state index in [9.17, 15) is 0 Å². The molecule has 1 rings (SSSR count). The van der Waals surface area contributed by atoms with Gasteiger partial charge < -0.3 is 4.42 Å². The third kappa shape index (κ3) is 7.77. The molecule has 0 saturated heterocycles. The molecule has 0 aromatic carbocycles. The second-order valence-electron chi connectivity index (χ2n) is 4.30. The van der Waals surface area contributed by atoms with E-state index in [1.54, 1.807) is 18.0 Å². The number of thioether (sulfide) groups is 1. The quantitative estimate of drug-likeness (QED) is 0.379. The standard InChI is InChI=1S/C13H23NOS2/c1-12-11-15-13(14-12)17-10-8-6-4-2-3-5-7-9-16/h11,16H,2-10H2,1H3. The van der Waals surface area contributed by atoms with Crippen molar-refractivity contribution >= 4 is 24.4 Å². The molecule has 0 radical (unpaired) electrons. The number of nitrogens with zero attached hydrogens (tertiary/aromatic N) is 1. The molecule has 0 bridgehead atoms. The molecule has 0 aliphatic carbocycles. The first kappa shape index (κ1) is 15.0. The van der Waals surface area contributed by atoms with E-state index in [1.807, 2.05) is 6.92 Å². The maximum atomic E-state index is 5.28. The molecule has 0 saturated carbocycles. The van der Waals surface area contributed by atoms with Gasteiger partial charge in [0, 0.05) is 5.75 Å². The molecule has 0 spiro atoms. The fourth-order valence-corrected chi connectivity index (χ4v) is 2.73. The molecule has 0 atom stereocenters. The lowest BCUT2D eigenvalue weighted by Gasteiger charge is -2.00. The summed E-state index contributed by atoms with van der Waals surface area (Å²) in [6.45, 7) is 1.96. The highest BCUT2D eigenvalue weighted by Crippen LogP contribution is 2.19. The molecule has 2 nitrogen and oxygen atoms in total. The number of hydrogen-bond donors (Lipinski definition) is 1. The molecule has 0 N–H and O–H groups in total. The van der Waals surface area contributed by atoms with Gasteiger partial charge in [-0.2, -0.15) is 12.6 Å². The lowest BCUT2D eigenvalue weighted by molar-refractivity contribution is 0.454. The predicted molar refractivity (Wildman–Crippen MR) is 78.1 cm³/mol. The van der Waals surface area contributed by atoms with E-state index >= 15 is 0 Å². The van der Waals surface area contributed by atoms with E-state index in [0.29, 0.717) is 0 Å². The number of thiol groups is 1. The van der Waals surface area contributed by atoms with Crippen LogP contribution in [0.5, 0.6) is 0 Å². The largest absolute Gasteiger partial charge is 0.440 e. The van der Waals surface area contributed by atoms with E-state index in [0.717, 1.165) is 22.4 Å². The summed E-state index contributed by atoms with van der Waals surface area (Å²) >= 11 is 5.94. The Morgan fingerprint density at radius 2 is 1.76 bits per heavy atom. The highest BCUT2D eigenvalue weighted by atomic mass is 32.2. The molecular weight excluding hydrogens is 250 g/mol. The molecule has 1 heterocycles. The van der Waals surface area contributed by atoms with E-state index in [2.05, 4.69) is 17.6 Å². The van der Waals surface area contributed by atoms with E-state index in [1.165, 1.54) is 44.9 Å². The lowest BCUT2D eigenvalue weighted by Crippen LogP contribution is -1.84. The summed E-state index contributed by atoms with van der Waals surface area (Å²) in [5, 5.41) is 0.816. The van der Waals surface area contributed by atoms with Crippen LogP contribution in [0.3, 0.4) is 0 Å². The Morgan fingerprint density at radius 1 is 1.12 bits per heavy atom. The van der Waals surface area contributed by atoms with Crippen LogP contribution < -0.4 is 0 Å². The van der Waals surface area contributed by atoms with E-state index in [-0.39, 0.29) is 0 Å². The van der Waals surface area contributed by atoms with Crippen LogP contribution in [0.15, 0.2) is 15.9 Å². The van der Waals surface area contributed by atoms with Crippen molar-refractivity contribution in [3.63, 3.8) is 0 Å². The fraction of sp³-hybridized carbons (Fsp3) is 0.769. The van der Waals surface area contributed by atoms with Gasteiger partial charge in [0.15, 0.2) is 0 Å². The van der Waals surface area contributed by atoms with Crippen LogP contribution in [0.2, 0.25) is 0 Å². The van der Waals surface area contributed by atoms with Crippen LogP contribution in [-0.2, 0) is 0 Å². The Bertz CT molecular complexity index is 289. The maximum absolute atomic E-state index is 5.28. The second kappa shape index (κ2) is 9.89. The zero-order valence-corrected chi connectivity index (χ0v) is 12.4. The smallest absolute Gasteiger partial charge is 0.255 e. The molecule has 0 aliphatic heterocycles. The number of oxazole rings is 1. The fourth-order valence-electron chi connectivity index (χ4n) is 1.66. The lowest BCUT2D eigenvalue weighted by atomic mass is 10.1. The molecule has 98 valence electrons. The minimum atomic E-state index is 0.816. The van der Waals surface area contributed by atoms with Gasteiger partial charge in [0.25, 0.3) is 5.22 Å². The summed E-state index contributed by atoms with van der Waals surface area (Å²) < 4.78 is 5.28. The molecule has 0 amide bonds. The highest BCUT2D eigenvalue weighted by molar-refractivity contribution is 7.99.